The Balaban J connectivity index is 2.04. The topological polar surface area (TPSA) is 73.0 Å². The molecule has 3 rings (SSSR count). The number of hydrogen-bond donors (Lipinski definition) is 1. The van der Waals surface area contributed by atoms with Crippen molar-refractivity contribution in [2.24, 2.45) is 7.05 Å². The molecule has 0 spiro atoms. The minimum absolute atomic E-state index is 0.116. The number of nitro benzene ring substituents is 1. The molecule has 0 amide bonds. The number of nitro groups is 1. The Morgan fingerprint density at radius 1 is 1.32 bits per heavy atom. The molecule has 0 radical (unpaired) electrons. The van der Waals surface area contributed by atoms with Gasteiger partial charge in [-0.1, -0.05) is 29.8 Å². The molecular weight excluding hydrogens is 347 g/mol. The molecule has 128 valence electrons. The molecule has 1 N–H and O–H groups in total. The molecule has 0 aliphatic heterocycles. The zero-order valence-corrected chi connectivity index (χ0v) is 13.9. The number of benzene rings is 2. The van der Waals surface area contributed by atoms with E-state index in [1.54, 1.807) is 42.2 Å². The molecule has 0 saturated carbocycles. The van der Waals surface area contributed by atoms with Gasteiger partial charge >= 0.3 is 0 Å². The van der Waals surface area contributed by atoms with Gasteiger partial charge in [-0.05, 0) is 12.1 Å². The maximum Gasteiger partial charge on any atom is 0.271 e. The van der Waals surface area contributed by atoms with E-state index in [1.807, 2.05) is 0 Å². The number of rotatable bonds is 5. The molecule has 1 atom stereocenters. The van der Waals surface area contributed by atoms with Crippen molar-refractivity contribution in [3.8, 4) is 0 Å². The fourth-order valence-corrected chi connectivity index (χ4v) is 2.77. The molecule has 1 aromatic heterocycles. The van der Waals surface area contributed by atoms with E-state index in [1.165, 1.54) is 24.3 Å². The molecule has 0 saturated heterocycles. The van der Waals surface area contributed by atoms with Gasteiger partial charge in [0.1, 0.15) is 17.7 Å². The van der Waals surface area contributed by atoms with Crippen LogP contribution in [0.4, 0.5) is 15.8 Å². The monoisotopic (exact) mass is 360 g/mol. The van der Waals surface area contributed by atoms with E-state index in [9.17, 15) is 14.5 Å². The Morgan fingerprint density at radius 3 is 2.68 bits per heavy atom. The van der Waals surface area contributed by atoms with Crippen molar-refractivity contribution < 1.29 is 9.31 Å². The fourth-order valence-electron chi connectivity index (χ4n) is 2.54. The van der Waals surface area contributed by atoms with E-state index >= 15 is 0 Å². The first-order valence-electron chi connectivity index (χ1n) is 7.39. The molecule has 0 bridgehead atoms. The number of halogens is 2. The summed E-state index contributed by atoms with van der Waals surface area (Å²) < 4.78 is 16.1. The van der Waals surface area contributed by atoms with Gasteiger partial charge in [-0.2, -0.15) is 0 Å². The second-order valence-corrected chi connectivity index (χ2v) is 5.82. The van der Waals surface area contributed by atoms with Gasteiger partial charge in [0.15, 0.2) is 0 Å². The molecule has 3 aromatic rings. The minimum Gasteiger partial charge on any atom is -0.370 e. The average molecular weight is 361 g/mol. The maximum absolute atomic E-state index is 14.3. The van der Waals surface area contributed by atoms with Gasteiger partial charge in [-0.3, -0.25) is 10.1 Å². The van der Waals surface area contributed by atoms with Crippen molar-refractivity contribution in [1.82, 2.24) is 9.55 Å². The first-order valence-corrected chi connectivity index (χ1v) is 7.77. The molecule has 2 aromatic carbocycles. The Bertz CT molecular complexity index is 929. The summed E-state index contributed by atoms with van der Waals surface area (Å²) in [5.74, 6) is 0.195. The molecule has 25 heavy (non-hydrogen) atoms. The van der Waals surface area contributed by atoms with Crippen molar-refractivity contribution in [1.29, 1.82) is 0 Å². The number of aromatic nitrogens is 2. The van der Waals surface area contributed by atoms with Crippen LogP contribution in [0.25, 0.3) is 0 Å². The minimum atomic E-state index is -0.611. The predicted octanol–water partition coefficient (Wildman–Crippen LogP) is 4.32. The second kappa shape index (κ2) is 6.90. The molecule has 0 aliphatic rings. The van der Waals surface area contributed by atoms with E-state index in [4.69, 9.17) is 11.6 Å². The lowest BCUT2D eigenvalue weighted by atomic mass is 10.0. The number of nitrogens with one attached hydrogen (secondary N) is 1. The normalized spacial score (nSPS) is 12.0. The van der Waals surface area contributed by atoms with Crippen LogP contribution < -0.4 is 5.32 Å². The lowest BCUT2D eigenvalue weighted by molar-refractivity contribution is -0.384. The summed E-state index contributed by atoms with van der Waals surface area (Å²) in [5, 5.41) is 14.2. The number of non-ortho nitro benzene ring substituents is 1. The maximum atomic E-state index is 14.3. The summed E-state index contributed by atoms with van der Waals surface area (Å²) in [7, 11) is 1.80. The molecule has 1 heterocycles. The summed E-state index contributed by atoms with van der Waals surface area (Å²) in [6, 6.07) is 9.83. The van der Waals surface area contributed by atoms with Crippen LogP contribution in [0.2, 0.25) is 5.02 Å². The highest BCUT2D eigenvalue weighted by Gasteiger charge is 2.22. The summed E-state index contributed by atoms with van der Waals surface area (Å²) in [5.41, 5.74) is 0.727. The highest BCUT2D eigenvalue weighted by atomic mass is 35.5. The molecule has 0 unspecified atom stereocenters. The van der Waals surface area contributed by atoms with E-state index in [0.29, 0.717) is 17.1 Å². The zero-order chi connectivity index (χ0) is 18.0. The van der Waals surface area contributed by atoms with Crippen LogP contribution in [-0.4, -0.2) is 14.5 Å². The van der Waals surface area contributed by atoms with Crippen molar-refractivity contribution in [2.75, 3.05) is 5.32 Å². The molecule has 0 aliphatic carbocycles. The zero-order valence-electron chi connectivity index (χ0n) is 13.2. The van der Waals surface area contributed by atoms with Crippen LogP contribution in [0.15, 0.2) is 54.9 Å². The average Bonchev–Trinajstić information content (AvgIpc) is 3.00. The van der Waals surface area contributed by atoms with E-state index < -0.39 is 11.0 Å². The highest BCUT2D eigenvalue weighted by molar-refractivity contribution is 6.33. The van der Waals surface area contributed by atoms with Gasteiger partial charge in [0.2, 0.25) is 0 Å². The van der Waals surface area contributed by atoms with Crippen LogP contribution >= 0.6 is 11.6 Å². The largest absolute Gasteiger partial charge is 0.370 e. The Hall–Kier alpha value is -2.93. The lowest BCUT2D eigenvalue weighted by Gasteiger charge is -2.21. The lowest BCUT2D eigenvalue weighted by Crippen LogP contribution is -2.18. The third-order valence-corrected chi connectivity index (χ3v) is 4.11. The predicted molar refractivity (Wildman–Crippen MR) is 93.2 cm³/mol. The second-order valence-electron chi connectivity index (χ2n) is 5.42. The van der Waals surface area contributed by atoms with Gasteiger partial charge in [0.05, 0.1) is 15.6 Å². The number of anilines is 1. The van der Waals surface area contributed by atoms with Crippen molar-refractivity contribution >= 4 is 23.0 Å². The first-order chi connectivity index (χ1) is 12.0. The summed E-state index contributed by atoms with van der Waals surface area (Å²) >= 11 is 6.16. The van der Waals surface area contributed by atoms with Gasteiger partial charge in [-0.15, -0.1) is 0 Å². The number of aryl methyl sites for hydroxylation is 1. The van der Waals surface area contributed by atoms with Crippen molar-refractivity contribution in [3.63, 3.8) is 0 Å². The SMILES string of the molecule is Cn1ccnc1[C@H](Nc1ccc([N+](=O)[O-])cc1Cl)c1ccccc1F. The van der Waals surface area contributed by atoms with Crippen LogP contribution in [0.1, 0.15) is 17.4 Å². The van der Waals surface area contributed by atoms with Crippen LogP contribution in [0, 0.1) is 15.9 Å². The smallest absolute Gasteiger partial charge is 0.271 e. The first kappa shape index (κ1) is 16.9. The van der Waals surface area contributed by atoms with Gasteiger partial charge in [0.25, 0.3) is 5.69 Å². The van der Waals surface area contributed by atoms with E-state index in [2.05, 4.69) is 10.3 Å². The Kier molecular flexibility index (Phi) is 4.67. The molecular formula is C17H14ClFN4O2. The van der Waals surface area contributed by atoms with Crippen LogP contribution in [0.5, 0.6) is 0 Å². The van der Waals surface area contributed by atoms with E-state index in [0.717, 1.165) is 0 Å². The summed E-state index contributed by atoms with van der Waals surface area (Å²) in [6.45, 7) is 0. The third-order valence-electron chi connectivity index (χ3n) is 3.80. The Morgan fingerprint density at radius 2 is 2.08 bits per heavy atom. The molecule has 6 nitrogen and oxygen atoms in total. The van der Waals surface area contributed by atoms with Crippen molar-refractivity contribution in [3.05, 3.63) is 87.2 Å². The standard InChI is InChI=1S/C17H14ClFN4O2/c1-22-9-8-20-17(22)16(12-4-2-3-5-14(12)19)21-15-7-6-11(23(24)25)10-13(15)18/h2-10,16,21H,1H3/t16-/m1/s1. The number of hydrogen-bond acceptors (Lipinski definition) is 4. The summed E-state index contributed by atoms with van der Waals surface area (Å²) in [6.07, 6.45) is 3.37. The van der Waals surface area contributed by atoms with E-state index in [-0.39, 0.29) is 16.5 Å². The van der Waals surface area contributed by atoms with Crippen LogP contribution in [0.3, 0.4) is 0 Å². The van der Waals surface area contributed by atoms with Gasteiger partial charge in [-0.25, -0.2) is 9.37 Å². The third kappa shape index (κ3) is 3.46. The Labute approximate surface area is 148 Å². The molecule has 8 heteroatoms. The van der Waals surface area contributed by atoms with Crippen LogP contribution in [-0.2, 0) is 7.05 Å². The van der Waals surface area contributed by atoms with Crippen molar-refractivity contribution in [2.45, 2.75) is 6.04 Å². The quantitative estimate of drug-likeness (QED) is 0.543. The van der Waals surface area contributed by atoms with Gasteiger partial charge < -0.3 is 9.88 Å². The fraction of sp³-hybridized carbons (Fsp3) is 0.118. The summed E-state index contributed by atoms with van der Waals surface area (Å²) in [4.78, 5) is 14.6. The number of imidazole rings is 1. The van der Waals surface area contributed by atoms with Gasteiger partial charge in [0, 0.05) is 37.1 Å². The number of nitrogens with zero attached hydrogens (tertiary/aromatic N) is 3. The molecule has 0 fully saturated rings. The highest BCUT2D eigenvalue weighted by Crippen LogP contribution is 2.32.